The fraction of sp³-hybridized carbons (Fsp3) is 0.562. The number of aliphatic hydroxyl groups is 1. The Kier molecular flexibility index (Phi) is 6.33. The van der Waals surface area contributed by atoms with Crippen molar-refractivity contribution in [2.24, 2.45) is 0 Å². The number of carbonyl (C=O) groups is 1. The lowest BCUT2D eigenvalue weighted by molar-refractivity contribution is -0.123. The van der Waals surface area contributed by atoms with Crippen molar-refractivity contribution < 1.29 is 14.6 Å². The lowest BCUT2D eigenvalue weighted by Crippen LogP contribution is -2.45. The average Bonchev–Trinajstić information content (AvgIpc) is 2.48. The van der Waals surface area contributed by atoms with Crippen molar-refractivity contribution in [3.05, 3.63) is 29.3 Å². The van der Waals surface area contributed by atoms with Gasteiger partial charge in [-0.3, -0.25) is 4.79 Å². The van der Waals surface area contributed by atoms with Gasteiger partial charge in [-0.05, 0) is 43.5 Å². The lowest BCUT2D eigenvalue weighted by atomic mass is 9.92. The third kappa shape index (κ3) is 5.56. The van der Waals surface area contributed by atoms with Crippen molar-refractivity contribution in [3.63, 3.8) is 0 Å². The van der Waals surface area contributed by atoms with Crippen LogP contribution in [0.25, 0.3) is 0 Å². The predicted octanol–water partition coefficient (Wildman–Crippen LogP) is 2.92. The monoisotopic (exact) mass is 311 g/mol. The van der Waals surface area contributed by atoms with Gasteiger partial charge in [-0.2, -0.15) is 0 Å². The van der Waals surface area contributed by atoms with Crippen LogP contribution in [0.15, 0.2) is 24.3 Å². The third-order valence-electron chi connectivity index (χ3n) is 3.71. The molecule has 0 aromatic heterocycles. The quantitative estimate of drug-likeness (QED) is 0.794. The smallest absolute Gasteiger partial charge is 0.220 e. The molecule has 1 aliphatic carbocycles. The van der Waals surface area contributed by atoms with Gasteiger partial charge in [0.1, 0.15) is 5.75 Å². The normalized spacial score (nSPS) is 21.8. The summed E-state index contributed by atoms with van der Waals surface area (Å²) in [5, 5.41) is 13.4. The van der Waals surface area contributed by atoms with Crippen molar-refractivity contribution in [1.29, 1.82) is 0 Å². The van der Waals surface area contributed by atoms with Crippen LogP contribution in [0.4, 0.5) is 0 Å². The summed E-state index contributed by atoms with van der Waals surface area (Å²) in [6, 6.07) is 7.08. The Bertz CT molecular complexity index is 449. The summed E-state index contributed by atoms with van der Waals surface area (Å²) in [6.07, 6.45) is 4.44. The Morgan fingerprint density at radius 3 is 2.71 bits per heavy atom. The van der Waals surface area contributed by atoms with Crippen LogP contribution < -0.4 is 10.1 Å². The highest BCUT2D eigenvalue weighted by Crippen LogP contribution is 2.18. The molecule has 4 nitrogen and oxygen atoms in total. The third-order valence-corrected chi connectivity index (χ3v) is 3.96. The van der Waals surface area contributed by atoms with Crippen LogP contribution in [0.1, 0.15) is 38.5 Å². The number of ether oxygens (including phenoxy) is 1. The van der Waals surface area contributed by atoms with Crippen LogP contribution in [0.2, 0.25) is 5.02 Å². The van der Waals surface area contributed by atoms with E-state index in [2.05, 4.69) is 5.32 Å². The van der Waals surface area contributed by atoms with Crippen LogP contribution in [-0.4, -0.2) is 29.8 Å². The first-order chi connectivity index (χ1) is 10.1. The molecule has 21 heavy (non-hydrogen) atoms. The van der Waals surface area contributed by atoms with Crippen LogP contribution in [0, 0.1) is 0 Å². The summed E-state index contributed by atoms with van der Waals surface area (Å²) in [6.45, 7) is 0.488. The summed E-state index contributed by atoms with van der Waals surface area (Å²) < 4.78 is 5.53. The standard InChI is InChI=1S/C16H22ClNO3/c17-12-7-9-13(10-8-12)21-11-3-6-16(20)18-14-4-1-2-5-15(14)19/h7-10,14-15,19H,1-6,11H2,(H,18,20). The highest BCUT2D eigenvalue weighted by atomic mass is 35.5. The molecule has 0 heterocycles. The molecule has 0 spiro atoms. The molecule has 116 valence electrons. The van der Waals surface area contributed by atoms with Crippen molar-refractivity contribution >= 4 is 17.5 Å². The fourth-order valence-electron chi connectivity index (χ4n) is 2.51. The second-order valence-electron chi connectivity index (χ2n) is 5.43. The van der Waals surface area contributed by atoms with Gasteiger partial charge in [0.15, 0.2) is 0 Å². The maximum atomic E-state index is 11.8. The number of hydrogen-bond acceptors (Lipinski definition) is 3. The topological polar surface area (TPSA) is 58.6 Å². The molecule has 2 unspecified atom stereocenters. The summed E-state index contributed by atoms with van der Waals surface area (Å²) in [5.41, 5.74) is 0. The lowest BCUT2D eigenvalue weighted by Gasteiger charge is -2.28. The summed E-state index contributed by atoms with van der Waals surface area (Å²) in [5.74, 6) is 0.739. The van der Waals surface area contributed by atoms with E-state index in [1.165, 1.54) is 0 Å². The van der Waals surface area contributed by atoms with Gasteiger partial charge in [-0.15, -0.1) is 0 Å². The molecule has 0 saturated heterocycles. The highest BCUT2D eigenvalue weighted by molar-refractivity contribution is 6.30. The molecule has 1 aromatic rings. The van der Waals surface area contributed by atoms with Crippen LogP contribution in [0.5, 0.6) is 5.75 Å². The second-order valence-corrected chi connectivity index (χ2v) is 5.87. The van der Waals surface area contributed by atoms with Crippen molar-refractivity contribution in [2.75, 3.05) is 6.61 Å². The van der Waals surface area contributed by atoms with E-state index in [1.54, 1.807) is 24.3 Å². The Balaban J connectivity index is 1.61. The molecular weight excluding hydrogens is 290 g/mol. The number of halogens is 1. The van der Waals surface area contributed by atoms with E-state index < -0.39 is 6.10 Å². The van der Waals surface area contributed by atoms with Crippen LogP contribution in [0.3, 0.4) is 0 Å². The van der Waals surface area contributed by atoms with Gasteiger partial charge >= 0.3 is 0 Å². The van der Waals surface area contributed by atoms with E-state index in [-0.39, 0.29) is 11.9 Å². The van der Waals surface area contributed by atoms with Crippen molar-refractivity contribution in [1.82, 2.24) is 5.32 Å². The molecule has 2 atom stereocenters. The average molecular weight is 312 g/mol. The Hall–Kier alpha value is -1.26. The molecule has 2 rings (SSSR count). The molecule has 0 aliphatic heterocycles. The van der Waals surface area contributed by atoms with Gasteiger partial charge in [0.05, 0.1) is 18.8 Å². The Labute approximate surface area is 130 Å². The maximum Gasteiger partial charge on any atom is 0.220 e. The Morgan fingerprint density at radius 1 is 1.29 bits per heavy atom. The van der Waals surface area contributed by atoms with Gasteiger partial charge in [0, 0.05) is 11.4 Å². The maximum absolute atomic E-state index is 11.8. The first kappa shape index (κ1) is 16.1. The number of benzene rings is 1. The van der Waals surface area contributed by atoms with E-state index >= 15 is 0 Å². The number of hydrogen-bond donors (Lipinski definition) is 2. The number of carbonyl (C=O) groups excluding carboxylic acids is 1. The first-order valence-corrected chi connectivity index (χ1v) is 7.89. The minimum Gasteiger partial charge on any atom is -0.494 e. The minimum absolute atomic E-state index is 0.0133. The van der Waals surface area contributed by atoms with Crippen molar-refractivity contribution in [3.8, 4) is 5.75 Å². The molecule has 2 N–H and O–H groups in total. The zero-order valence-corrected chi connectivity index (χ0v) is 12.8. The molecular formula is C16H22ClNO3. The minimum atomic E-state index is -0.395. The highest BCUT2D eigenvalue weighted by Gasteiger charge is 2.24. The van der Waals surface area contributed by atoms with Gasteiger partial charge in [0.2, 0.25) is 5.91 Å². The molecule has 1 fully saturated rings. The molecule has 1 aromatic carbocycles. The van der Waals surface area contributed by atoms with Gasteiger partial charge in [-0.1, -0.05) is 24.4 Å². The molecule has 1 saturated carbocycles. The number of aliphatic hydroxyl groups excluding tert-OH is 1. The van der Waals surface area contributed by atoms with Crippen LogP contribution in [-0.2, 0) is 4.79 Å². The zero-order valence-electron chi connectivity index (χ0n) is 12.1. The molecule has 0 bridgehead atoms. The first-order valence-electron chi connectivity index (χ1n) is 7.51. The second kappa shape index (κ2) is 8.25. The van der Waals surface area contributed by atoms with E-state index in [0.717, 1.165) is 31.4 Å². The molecule has 5 heteroatoms. The van der Waals surface area contributed by atoms with Gasteiger partial charge in [-0.25, -0.2) is 0 Å². The molecule has 1 aliphatic rings. The van der Waals surface area contributed by atoms with Crippen LogP contribution >= 0.6 is 11.6 Å². The van der Waals surface area contributed by atoms with Gasteiger partial charge < -0.3 is 15.2 Å². The largest absolute Gasteiger partial charge is 0.494 e. The molecule has 1 amide bonds. The predicted molar refractivity (Wildman–Crippen MR) is 82.6 cm³/mol. The number of nitrogens with one attached hydrogen (secondary N) is 1. The fourth-order valence-corrected chi connectivity index (χ4v) is 2.64. The summed E-state index contributed by atoms with van der Waals surface area (Å²) in [4.78, 5) is 11.8. The van der Waals surface area contributed by atoms with Crippen molar-refractivity contribution in [2.45, 2.75) is 50.7 Å². The Morgan fingerprint density at radius 2 is 2.00 bits per heavy atom. The number of rotatable bonds is 6. The SMILES string of the molecule is O=C(CCCOc1ccc(Cl)cc1)NC1CCCCC1O. The summed E-state index contributed by atoms with van der Waals surface area (Å²) in [7, 11) is 0. The zero-order chi connectivity index (χ0) is 15.1. The van der Waals surface area contributed by atoms with E-state index in [1.807, 2.05) is 0 Å². The van der Waals surface area contributed by atoms with E-state index in [9.17, 15) is 9.90 Å². The van der Waals surface area contributed by atoms with Gasteiger partial charge in [0.25, 0.3) is 0 Å². The van der Waals surface area contributed by atoms with E-state index in [4.69, 9.17) is 16.3 Å². The number of amides is 1. The van der Waals surface area contributed by atoms with E-state index in [0.29, 0.717) is 24.5 Å². The molecule has 0 radical (unpaired) electrons. The summed E-state index contributed by atoms with van der Waals surface area (Å²) >= 11 is 5.79.